The molecule has 0 amide bonds. The Kier molecular flexibility index (Phi) is 10.1. The normalized spacial score (nSPS) is 13.4. The minimum atomic E-state index is -5.74. The number of hydrogen-bond acceptors (Lipinski definition) is 0. The highest BCUT2D eigenvalue weighted by Crippen LogP contribution is 2.60. The van der Waals surface area contributed by atoms with Gasteiger partial charge in [0.2, 0.25) is 0 Å². The van der Waals surface area contributed by atoms with Crippen molar-refractivity contribution < 1.29 is 52.7 Å². The molecule has 0 aliphatic rings. The van der Waals surface area contributed by atoms with Crippen molar-refractivity contribution in [1.82, 2.24) is 0 Å². The van der Waals surface area contributed by atoms with Crippen LogP contribution in [-0.4, -0.2) is 0 Å². The van der Waals surface area contributed by atoms with Gasteiger partial charge in [-0.15, -0.1) is 0 Å². The van der Waals surface area contributed by atoms with E-state index in [1.807, 2.05) is 0 Å². The second-order valence-electron chi connectivity index (χ2n) is 14.9. The maximum atomic E-state index is 16.2. The summed E-state index contributed by atoms with van der Waals surface area (Å²) in [5, 5.41) is 0. The van der Waals surface area contributed by atoms with Crippen LogP contribution in [0, 0.1) is 0 Å². The number of hydrogen-bond donors (Lipinski definition) is 0. The first kappa shape index (κ1) is 40.4. The lowest BCUT2D eigenvalue weighted by Crippen LogP contribution is -2.22. The van der Waals surface area contributed by atoms with Crippen LogP contribution in [0.2, 0.25) is 0 Å². The van der Waals surface area contributed by atoms with Crippen LogP contribution in [0.1, 0.15) is 74.9 Å². The summed E-state index contributed by atoms with van der Waals surface area (Å²) in [5.41, 5.74) is -18.6. The monoisotopic (exact) mass is 766 g/mol. The molecule has 0 fully saturated rings. The summed E-state index contributed by atoms with van der Waals surface area (Å²) < 4.78 is 187. The molecule has 5 rings (SSSR count). The largest absolute Gasteiger partial charge is 0.417 e. The Morgan fingerprint density at radius 1 is 0.278 bits per heavy atom. The number of rotatable bonds is 4. The molecule has 0 spiro atoms. The highest BCUT2D eigenvalue weighted by molar-refractivity contribution is 6.04. The van der Waals surface area contributed by atoms with Gasteiger partial charge in [-0.05, 0) is 56.3 Å². The smallest absolute Gasteiger partial charge is 0.166 e. The molecule has 12 heteroatoms. The zero-order valence-electron chi connectivity index (χ0n) is 29.8. The minimum absolute atomic E-state index is 0.00672. The fourth-order valence-corrected chi connectivity index (χ4v) is 7.00. The molecule has 0 bridgehead atoms. The molecule has 0 aliphatic heterocycles. The molecule has 0 nitrogen and oxygen atoms in total. The molecule has 286 valence electrons. The van der Waals surface area contributed by atoms with E-state index in [0.29, 0.717) is 24.3 Å². The molecular weight excluding hydrogens is 732 g/mol. The zero-order valence-corrected chi connectivity index (χ0v) is 29.8. The average molecular weight is 767 g/mol. The van der Waals surface area contributed by atoms with E-state index in [9.17, 15) is 26.3 Å². The van der Waals surface area contributed by atoms with Crippen molar-refractivity contribution in [2.45, 2.75) is 77.1 Å². The lowest BCUT2D eigenvalue weighted by atomic mass is 9.71. The standard InChI is InChI=1S/C42H34F12/c1-37(2,3)27-19-11-7-15-23(27)31-33(25-17-9-13-21-29(25)39(43,44)45)36(42(52,53)54)32(24-16-8-12-20-28(24)38(4,5)6)34(35(31)41(49,50)51)26-18-10-14-22-30(26)40(46,47)48/h7-22H,1-6H3. The maximum Gasteiger partial charge on any atom is 0.417 e. The molecule has 0 saturated heterocycles. The van der Waals surface area contributed by atoms with E-state index in [1.165, 1.54) is 36.4 Å². The van der Waals surface area contributed by atoms with E-state index in [-0.39, 0.29) is 11.1 Å². The van der Waals surface area contributed by atoms with Gasteiger partial charge in [0.1, 0.15) is 0 Å². The molecule has 0 radical (unpaired) electrons. The summed E-state index contributed by atoms with van der Waals surface area (Å²) in [4.78, 5) is 0. The van der Waals surface area contributed by atoms with E-state index < -0.39 is 102 Å². The van der Waals surface area contributed by atoms with Gasteiger partial charge < -0.3 is 0 Å². The molecule has 0 heterocycles. The van der Waals surface area contributed by atoms with E-state index in [0.717, 1.165) is 36.4 Å². The second kappa shape index (κ2) is 13.5. The van der Waals surface area contributed by atoms with Crippen molar-refractivity contribution in [1.29, 1.82) is 0 Å². The fraction of sp³-hybridized carbons (Fsp3) is 0.286. The first-order valence-corrected chi connectivity index (χ1v) is 16.6. The molecule has 5 aromatic rings. The van der Waals surface area contributed by atoms with Gasteiger partial charge in [0.15, 0.2) is 0 Å². The van der Waals surface area contributed by atoms with Gasteiger partial charge in [-0.25, -0.2) is 0 Å². The summed E-state index contributed by atoms with van der Waals surface area (Å²) in [7, 11) is 0. The number of benzene rings is 5. The number of alkyl halides is 12. The Balaban J connectivity index is 2.36. The Hall–Kier alpha value is -4.74. The van der Waals surface area contributed by atoms with Gasteiger partial charge in [-0.1, -0.05) is 126 Å². The fourth-order valence-electron chi connectivity index (χ4n) is 7.00. The van der Waals surface area contributed by atoms with Crippen LogP contribution in [0.25, 0.3) is 44.5 Å². The Morgan fingerprint density at radius 3 is 0.685 bits per heavy atom. The van der Waals surface area contributed by atoms with Crippen LogP contribution in [0.4, 0.5) is 52.7 Å². The molecule has 0 aliphatic carbocycles. The third-order valence-corrected chi connectivity index (χ3v) is 9.08. The first-order chi connectivity index (χ1) is 24.7. The predicted octanol–water partition coefficient (Wildman–Crippen LogP) is 15.0. The van der Waals surface area contributed by atoms with Crippen molar-refractivity contribution in [2.24, 2.45) is 0 Å². The van der Waals surface area contributed by atoms with Gasteiger partial charge in [0, 0.05) is 22.3 Å². The lowest BCUT2D eigenvalue weighted by molar-refractivity contribution is -0.140. The van der Waals surface area contributed by atoms with Crippen LogP contribution in [-0.2, 0) is 35.5 Å². The summed E-state index contributed by atoms with van der Waals surface area (Å²) in [5.74, 6) is 0. The summed E-state index contributed by atoms with van der Waals surface area (Å²) in [6.45, 7) is 9.26. The summed E-state index contributed by atoms with van der Waals surface area (Å²) in [6.07, 6.45) is -22.2. The van der Waals surface area contributed by atoms with Gasteiger partial charge in [-0.3, -0.25) is 0 Å². The Labute approximate surface area is 304 Å². The molecule has 5 aromatic carbocycles. The SMILES string of the molecule is CC(C)(C)c1ccccc1-c1c(-c2ccccc2C(F)(F)F)c(C(F)(F)F)c(-c2ccccc2C(C)(C)C)c(-c2ccccc2C(F)(F)F)c1C(F)(F)F. The van der Waals surface area contributed by atoms with Gasteiger partial charge in [0.25, 0.3) is 0 Å². The van der Waals surface area contributed by atoms with Crippen LogP contribution in [0.5, 0.6) is 0 Å². The predicted molar refractivity (Wildman–Crippen MR) is 186 cm³/mol. The highest BCUT2D eigenvalue weighted by Gasteiger charge is 2.50. The van der Waals surface area contributed by atoms with Crippen molar-refractivity contribution >= 4 is 0 Å². The van der Waals surface area contributed by atoms with Gasteiger partial charge >= 0.3 is 24.7 Å². The van der Waals surface area contributed by atoms with Crippen molar-refractivity contribution in [3.05, 3.63) is 130 Å². The van der Waals surface area contributed by atoms with Crippen LogP contribution >= 0.6 is 0 Å². The van der Waals surface area contributed by atoms with E-state index >= 15 is 26.3 Å². The van der Waals surface area contributed by atoms with Crippen molar-refractivity contribution in [2.75, 3.05) is 0 Å². The van der Waals surface area contributed by atoms with Crippen LogP contribution in [0.15, 0.2) is 97.1 Å². The Bertz CT molecular complexity index is 1890. The summed E-state index contributed by atoms with van der Waals surface area (Å²) in [6, 6.07) is 15.9. The summed E-state index contributed by atoms with van der Waals surface area (Å²) >= 11 is 0. The van der Waals surface area contributed by atoms with E-state index in [4.69, 9.17) is 0 Å². The van der Waals surface area contributed by atoms with Crippen molar-refractivity contribution in [3.8, 4) is 44.5 Å². The topological polar surface area (TPSA) is 0 Å². The molecule has 0 unspecified atom stereocenters. The van der Waals surface area contributed by atoms with E-state index in [2.05, 4.69) is 0 Å². The molecule has 0 N–H and O–H groups in total. The molecular formula is C42H34F12. The Morgan fingerprint density at radius 2 is 0.481 bits per heavy atom. The quantitative estimate of drug-likeness (QED) is 0.160. The van der Waals surface area contributed by atoms with Crippen LogP contribution in [0.3, 0.4) is 0 Å². The third-order valence-electron chi connectivity index (χ3n) is 9.08. The second-order valence-corrected chi connectivity index (χ2v) is 14.9. The molecule has 0 aromatic heterocycles. The lowest BCUT2D eigenvalue weighted by Gasteiger charge is -2.34. The molecule has 0 atom stereocenters. The number of halogens is 12. The minimum Gasteiger partial charge on any atom is -0.166 e. The first-order valence-electron chi connectivity index (χ1n) is 16.6. The van der Waals surface area contributed by atoms with Crippen molar-refractivity contribution in [3.63, 3.8) is 0 Å². The molecule has 0 saturated carbocycles. The third kappa shape index (κ3) is 7.61. The van der Waals surface area contributed by atoms with E-state index in [1.54, 1.807) is 41.5 Å². The average Bonchev–Trinajstić information content (AvgIpc) is 3.04. The van der Waals surface area contributed by atoms with Gasteiger partial charge in [0.05, 0.1) is 22.3 Å². The van der Waals surface area contributed by atoms with Gasteiger partial charge in [-0.2, -0.15) is 52.7 Å². The highest BCUT2D eigenvalue weighted by atomic mass is 19.4. The zero-order chi connectivity index (χ0) is 40.4. The van der Waals surface area contributed by atoms with Crippen LogP contribution < -0.4 is 0 Å². The maximum absolute atomic E-state index is 16.2. The molecule has 54 heavy (non-hydrogen) atoms.